The number of nitrogens with two attached hydrogens (primary N) is 1. The minimum absolute atomic E-state index is 0.0660. The molecule has 21 heavy (non-hydrogen) atoms. The summed E-state index contributed by atoms with van der Waals surface area (Å²) in [6, 6.07) is 13.2. The normalized spacial score (nSPS) is 10.8. The van der Waals surface area contributed by atoms with Gasteiger partial charge in [0.1, 0.15) is 6.33 Å². The van der Waals surface area contributed by atoms with Crippen LogP contribution in [0.5, 0.6) is 0 Å². The highest BCUT2D eigenvalue weighted by Crippen LogP contribution is 2.24. The van der Waals surface area contributed by atoms with Gasteiger partial charge in [0.05, 0.1) is 22.4 Å². The number of carbonyl (C=O) groups is 1. The summed E-state index contributed by atoms with van der Waals surface area (Å²) in [5.41, 5.74) is 9.95. The van der Waals surface area contributed by atoms with E-state index in [0.717, 1.165) is 16.7 Å². The number of nitrogens with zero attached hydrogens (tertiary/aromatic N) is 3. The molecule has 0 aliphatic heterocycles. The van der Waals surface area contributed by atoms with E-state index in [-0.39, 0.29) is 5.91 Å². The minimum Gasteiger partial charge on any atom is -0.397 e. The molecule has 0 aliphatic carbocycles. The Morgan fingerprint density at radius 2 is 1.95 bits per heavy atom. The average molecular weight is 280 g/mol. The topological polar surface area (TPSA) is 64.2 Å². The van der Waals surface area contributed by atoms with Crippen molar-refractivity contribution in [2.75, 3.05) is 19.8 Å². The molecule has 1 amide bonds. The first kappa shape index (κ1) is 13.2. The predicted octanol–water partition coefficient (Wildman–Crippen LogP) is 2.31. The third-order valence-corrected chi connectivity index (χ3v) is 3.39. The van der Waals surface area contributed by atoms with Crippen LogP contribution >= 0.6 is 0 Å². The van der Waals surface area contributed by atoms with Gasteiger partial charge in [-0.05, 0) is 30.3 Å². The van der Waals surface area contributed by atoms with Crippen molar-refractivity contribution < 1.29 is 4.79 Å². The SMILES string of the molecule is CN(C)C(=O)c1ccc(-n2cnc3ccccc32)c(N)c1. The molecule has 106 valence electrons. The van der Waals surface area contributed by atoms with Crippen LogP contribution in [0.2, 0.25) is 0 Å². The number of nitrogen functional groups attached to an aromatic ring is 1. The van der Waals surface area contributed by atoms with Crippen molar-refractivity contribution >= 4 is 22.6 Å². The van der Waals surface area contributed by atoms with E-state index in [2.05, 4.69) is 4.98 Å². The zero-order chi connectivity index (χ0) is 15.0. The van der Waals surface area contributed by atoms with Gasteiger partial charge in [-0.25, -0.2) is 4.98 Å². The van der Waals surface area contributed by atoms with Gasteiger partial charge >= 0.3 is 0 Å². The average Bonchev–Trinajstić information content (AvgIpc) is 2.90. The van der Waals surface area contributed by atoms with Crippen LogP contribution < -0.4 is 5.73 Å². The van der Waals surface area contributed by atoms with Crippen molar-refractivity contribution in [3.05, 3.63) is 54.4 Å². The first-order valence-corrected chi connectivity index (χ1v) is 6.61. The number of hydrogen-bond acceptors (Lipinski definition) is 3. The van der Waals surface area contributed by atoms with E-state index >= 15 is 0 Å². The third-order valence-electron chi connectivity index (χ3n) is 3.39. The van der Waals surface area contributed by atoms with Gasteiger partial charge in [0.2, 0.25) is 0 Å². The Kier molecular flexibility index (Phi) is 3.10. The number of hydrogen-bond donors (Lipinski definition) is 1. The Morgan fingerprint density at radius 3 is 2.67 bits per heavy atom. The van der Waals surface area contributed by atoms with Crippen molar-refractivity contribution in [2.24, 2.45) is 0 Å². The molecular formula is C16H16N4O. The first-order valence-electron chi connectivity index (χ1n) is 6.61. The molecule has 1 heterocycles. The third kappa shape index (κ3) is 2.23. The van der Waals surface area contributed by atoms with E-state index in [1.165, 1.54) is 4.90 Å². The van der Waals surface area contributed by atoms with E-state index in [1.54, 1.807) is 32.6 Å². The highest BCUT2D eigenvalue weighted by Gasteiger charge is 2.12. The molecule has 0 aliphatic rings. The number of para-hydroxylation sites is 2. The minimum atomic E-state index is -0.0660. The van der Waals surface area contributed by atoms with Crippen LogP contribution in [0.3, 0.4) is 0 Å². The number of anilines is 1. The van der Waals surface area contributed by atoms with E-state index in [1.807, 2.05) is 34.9 Å². The van der Waals surface area contributed by atoms with Gasteiger partial charge in [0.15, 0.2) is 0 Å². The molecule has 1 aromatic heterocycles. The molecule has 0 unspecified atom stereocenters. The van der Waals surface area contributed by atoms with Crippen LogP contribution in [0.1, 0.15) is 10.4 Å². The lowest BCUT2D eigenvalue weighted by atomic mass is 10.1. The van der Waals surface area contributed by atoms with Gasteiger partial charge < -0.3 is 10.6 Å². The number of aromatic nitrogens is 2. The summed E-state index contributed by atoms with van der Waals surface area (Å²) in [6.07, 6.45) is 1.74. The van der Waals surface area contributed by atoms with Crippen molar-refractivity contribution in [3.8, 4) is 5.69 Å². The summed E-state index contributed by atoms with van der Waals surface area (Å²) in [4.78, 5) is 17.8. The van der Waals surface area contributed by atoms with Gasteiger partial charge in [0.25, 0.3) is 5.91 Å². The summed E-state index contributed by atoms with van der Waals surface area (Å²) in [6.45, 7) is 0. The number of amides is 1. The Hall–Kier alpha value is -2.82. The molecule has 5 nitrogen and oxygen atoms in total. The van der Waals surface area contributed by atoms with Crippen LogP contribution in [0.4, 0.5) is 5.69 Å². The summed E-state index contributed by atoms with van der Waals surface area (Å²) < 4.78 is 1.93. The van der Waals surface area contributed by atoms with Gasteiger partial charge in [-0.3, -0.25) is 9.36 Å². The summed E-state index contributed by atoms with van der Waals surface area (Å²) >= 11 is 0. The number of rotatable bonds is 2. The van der Waals surface area contributed by atoms with Gasteiger partial charge in [-0.15, -0.1) is 0 Å². The molecular weight excluding hydrogens is 264 g/mol. The Balaban J connectivity index is 2.10. The molecule has 2 N–H and O–H groups in total. The number of benzene rings is 2. The smallest absolute Gasteiger partial charge is 0.253 e. The number of imidazole rings is 1. The van der Waals surface area contributed by atoms with Crippen LogP contribution in [-0.4, -0.2) is 34.5 Å². The van der Waals surface area contributed by atoms with E-state index in [9.17, 15) is 4.79 Å². The van der Waals surface area contributed by atoms with Crippen molar-refractivity contribution in [1.82, 2.24) is 14.5 Å². The number of carbonyl (C=O) groups excluding carboxylic acids is 1. The second-order valence-corrected chi connectivity index (χ2v) is 5.08. The fourth-order valence-electron chi connectivity index (χ4n) is 2.32. The second kappa shape index (κ2) is 4.94. The Morgan fingerprint density at radius 1 is 1.19 bits per heavy atom. The monoisotopic (exact) mass is 280 g/mol. The lowest BCUT2D eigenvalue weighted by molar-refractivity contribution is 0.0827. The maximum atomic E-state index is 12.0. The molecule has 0 atom stereocenters. The summed E-state index contributed by atoms with van der Waals surface area (Å²) in [5, 5.41) is 0. The lowest BCUT2D eigenvalue weighted by Gasteiger charge is -2.13. The standard InChI is InChI=1S/C16H16N4O/c1-19(2)16(21)11-7-8-14(12(17)9-11)20-10-18-13-5-3-4-6-15(13)20/h3-10H,17H2,1-2H3. The molecule has 0 fully saturated rings. The summed E-state index contributed by atoms with van der Waals surface area (Å²) in [7, 11) is 3.44. The van der Waals surface area contributed by atoms with E-state index in [4.69, 9.17) is 5.73 Å². The highest BCUT2D eigenvalue weighted by atomic mass is 16.2. The zero-order valence-electron chi connectivity index (χ0n) is 11.9. The maximum absolute atomic E-state index is 12.0. The maximum Gasteiger partial charge on any atom is 0.253 e. The van der Waals surface area contributed by atoms with Gasteiger partial charge in [-0.2, -0.15) is 0 Å². The zero-order valence-corrected chi connectivity index (χ0v) is 11.9. The fraction of sp³-hybridized carbons (Fsp3) is 0.125. The molecule has 0 bridgehead atoms. The summed E-state index contributed by atoms with van der Waals surface area (Å²) in [5.74, 6) is -0.0660. The molecule has 0 spiro atoms. The van der Waals surface area contributed by atoms with E-state index in [0.29, 0.717) is 11.3 Å². The van der Waals surface area contributed by atoms with Crippen molar-refractivity contribution in [1.29, 1.82) is 0 Å². The highest BCUT2D eigenvalue weighted by molar-refractivity contribution is 5.95. The van der Waals surface area contributed by atoms with Crippen LogP contribution in [-0.2, 0) is 0 Å². The van der Waals surface area contributed by atoms with Crippen LogP contribution in [0.15, 0.2) is 48.8 Å². The second-order valence-electron chi connectivity index (χ2n) is 5.08. The molecule has 2 aromatic carbocycles. The van der Waals surface area contributed by atoms with E-state index < -0.39 is 0 Å². The van der Waals surface area contributed by atoms with Crippen molar-refractivity contribution in [3.63, 3.8) is 0 Å². The molecule has 0 saturated carbocycles. The molecule has 0 saturated heterocycles. The lowest BCUT2D eigenvalue weighted by Crippen LogP contribution is -2.21. The largest absolute Gasteiger partial charge is 0.397 e. The Bertz CT molecular complexity index is 820. The fourth-order valence-corrected chi connectivity index (χ4v) is 2.32. The van der Waals surface area contributed by atoms with Crippen LogP contribution in [0, 0.1) is 0 Å². The van der Waals surface area contributed by atoms with Gasteiger partial charge in [0, 0.05) is 19.7 Å². The number of fused-ring (bicyclic) bond motifs is 1. The predicted molar refractivity (Wildman–Crippen MR) is 83.5 cm³/mol. The first-order chi connectivity index (χ1) is 10.1. The Labute approximate surface area is 122 Å². The molecule has 5 heteroatoms. The van der Waals surface area contributed by atoms with Crippen molar-refractivity contribution in [2.45, 2.75) is 0 Å². The molecule has 3 aromatic rings. The van der Waals surface area contributed by atoms with Gasteiger partial charge in [-0.1, -0.05) is 12.1 Å². The molecule has 3 rings (SSSR count). The molecule has 0 radical (unpaired) electrons. The van der Waals surface area contributed by atoms with Crippen LogP contribution in [0.25, 0.3) is 16.7 Å². The quantitative estimate of drug-likeness (QED) is 0.733.